The minimum absolute atomic E-state index is 0.124. The van der Waals surface area contributed by atoms with Crippen LogP contribution in [0.3, 0.4) is 0 Å². The number of hydrogen-bond donors (Lipinski definition) is 1. The summed E-state index contributed by atoms with van der Waals surface area (Å²) in [5.41, 5.74) is 1.57. The van der Waals surface area contributed by atoms with E-state index < -0.39 is 0 Å². The Morgan fingerprint density at radius 1 is 1.35 bits per heavy atom. The van der Waals surface area contributed by atoms with Gasteiger partial charge in [0.05, 0.1) is 0 Å². The zero-order valence-electron chi connectivity index (χ0n) is 12.3. The first kappa shape index (κ1) is 13.5. The molecule has 2 amide bonds. The molecule has 1 saturated heterocycles. The number of nitrogens with one attached hydrogen (secondary N) is 1. The average Bonchev–Trinajstić information content (AvgIpc) is 3.27. The molecule has 2 aliphatic rings. The summed E-state index contributed by atoms with van der Waals surface area (Å²) in [5, 5.41) is 3.16. The zero-order chi connectivity index (χ0) is 14.0. The van der Waals surface area contributed by atoms with Crippen LogP contribution in [0.15, 0.2) is 30.3 Å². The van der Waals surface area contributed by atoms with Gasteiger partial charge in [-0.2, -0.15) is 0 Å². The molecule has 1 unspecified atom stereocenters. The zero-order valence-corrected chi connectivity index (χ0v) is 12.3. The summed E-state index contributed by atoms with van der Waals surface area (Å²) in [6, 6.07) is 10.7. The fraction of sp³-hybridized carbons (Fsp3) is 0.588. The lowest BCUT2D eigenvalue weighted by Gasteiger charge is -2.31. The van der Waals surface area contributed by atoms with Gasteiger partial charge in [0.15, 0.2) is 0 Å². The van der Waals surface area contributed by atoms with E-state index in [1.807, 2.05) is 11.0 Å². The third-order valence-corrected chi connectivity index (χ3v) is 4.76. The molecule has 108 valence electrons. The van der Waals surface area contributed by atoms with E-state index in [1.54, 1.807) is 0 Å². The van der Waals surface area contributed by atoms with Gasteiger partial charge in [0.2, 0.25) is 0 Å². The van der Waals surface area contributed by atoms with E-state index in [9.17, 15) is 4.79 Å². The Labute approximate surface area is 121 Å². The maximum absolute atomic E-state index is 12.3. The number of rotatable bonds is 3. The fourth-order valence-corrected chi connectivity index (χ4v) is 3.24. The van der Waals surface area contributed by atoms with Crippen LogP contribution in [-0.2, 0) is 5.41 Å². The normalized spacial score (nSPS) is 24.2. The van der Waals surface area contributed by atoms with Crippen molar-refractivity contribution in [3.05, 3.63) is 35.9 Å². The summed E-state index contributed by atoms with van der Waals surface area (Å²) in [6.45, 7) is 4.82. The summed E-state index contributed by atoms with van der Waals surface area (Å²) < 4.78 is 0. The molecular weight excluding hydrogens is 248 g/mol. The first-order chi connectivity index (χ1) is 9.70. The Balaban J connectivity index is 1.56. The van der Waals surface area contributed by atoms with Gasteiger partial charge < -0.3 is 10.2 Å². The van der Waals surface area contributed by atoms with Gasteiger partial charge in [0, 0.05) is 25.0 Å². The second kappa shape index (κ2) is 5.47. The predicted molar refractivity (Wildman–Crippen MR) is 80.7 cm³/mol. The summed E-state index contributed by atoms with van der Waals surface area (Å²) in [6.07, 6.45) is 4.76. The van der Waals surface area contributed by atoms with E-state index in [0.717, 1.165) is 26.1 Å². The molecule has 3 nitrogen and oxygen atoms in total. The van der Waals surface area contributed by atoms with Gasteiger partial charge in [-0.1, -0.05) is 37.3 Å². The highest BCUT2D eigenvalue weighted by Crippen LogP contribution is 2.47. The highest BCUT2D eigenvalue weighted by Gasteiger charge is 2.44. The molecule has 1 saturated carbocycles. The van der Waals surface area contributed by atoms with E-state index in [-0.39, 0.29) is 11.4 Å². The third-order valence-electron chi connectivity index (χ3n) is 4.76. The summed E-state index contributed by atoms with van der Waals surface area (Å²) in [5.74, 6) is 0.638. The first-order valence-electron chi connectivity index (χ1n) is 7.78. The number of benzene rings is 1. The summed E-state index contributed by atoms with van der Waals surface area (Å²) in [7, 11) is 0. The molecular formula is C17H24N2O. The lowest BCUT2D eigenvalue weighted by Crippen LogP contribution is -2.46. The van der Waals surface area contributed by atoms with Gasteiger partial charge >= 0.3 is 6.03 Å². The number of hydrogen-bond acceptors (Lipinski definition) is 1. The standard InChI is InChI=1S/C17H24N2O/c1-14-6-5-11-19(12-14)16(20)18-13-17(9-10-17)15-7-3-2-4-8-15/h2-4,7-8,14H,5-6,9-13H2,1H3,(H,18,20). The molecule has 0 spiro atoms. The van der Waals surface area contributed by atoms with Crippen LogP contribution in [0, 0.1) is 5.92 Å². The minimum Gasteiger partial charge on any atom is -0.337 e. The van der Waals surface area contributed by atoms with Crippen LogP contribution < -0.4 is 5.32 Å². The third kappa shape index (κ3) is 2.82. The highest BCUT2D eigenvalue weighted by molar-refractivity contribution is 5.74. The van der Waals surface area contributed by atoms with Crippen molar-refractivity contribution in [1.29, 1.82) is 0 Å². The van der Waals surface area contributed by atoms with Crippen molar-refractivity contribution in [3.8, 4) is 0 Å². The number of carbonyl (C=O) groups is 1. The van der Waals surface area contributed by atoms with Crippen LogP contribution in [0.2, 0.25) is 0 Å². The Morgan fingerprint density at radius 2 is 2.10 bits per heavy atom. The highest BCUT2D eigenvalue weighted by atomic mass is 16.2. The van der Waals surface area contributed by atoms with Crippen LogP contribution in [0.25, 0.3) is 0 Å². The van der Waals surface area contributed by atoms with Gasteiger partial charge in [-0.05, 0) is 37.2 Å². The topological polar surface area (TPSA) is 32.3 Å². The molecule has 1 heterocycles. The van der Waals surface area contributed by atoms with Crippen molar-refractivity contribution in [2.24, 2.45) is 5.92 Å². The second-order valence-electron chi connectivity index (χ2n) is 6.50. The fourth-order valence-electron chi connectivity index (χ4n) is 3.24. The Kier molecular flexibility index (Phi) is 3.68. The molecule has 3 heteroatoms. The molecule has 0 radical (unpaired) electrons. The molecule has 20 heavy (non-hydrogen) atoms. The van der Waals surface area contributed by atoms with Crippen LogP contribution in [0.4, 0.5) is 4.79 Å². The largest absolute Gasteiger partial charge is 0.337 e. The van der Waals surface area contributed by atoms with Crippen molar-refractivity contribution in [2.45, 2.75) is 38.0 Å². The quantitative estimate of drug-likeness (QED) is 0.900. The van der Waals surface area contributed by atoms with Crippen molar-refractivity contribution >= 4 is 6.03 Å². The van der Waals surface area contributed by atoms with E-state index in [1.165, 1.54) is 24.8 Å². The summed E-state index contributed by atoms with van der Waals surface area (Å²) in [4.78, 5) is 14.2. The number of nitrogens with zero attached hydrogens (tertiary/aromatic N) is 1. The van der Waals surface area contributed by atoms with Crippen molar-refractivity contribution in [2.75, 3.05) is 19.6 Å². The smallest absolute Gasteiger partial charge is 0.317 e. The molecule has 1 N–H and O–H groups in total. The molecule has 1 aromatic carbocycles. The van der Waals surface area contributed by atoms with Crippen LogP contribution in [0.1, 0.15) is 38.2 Å². The van der Waals surface area contributed by atoms with Gasteiger partial charge in [-0.15, -0.1) is 0 Å². The number of urea groups is 1. The molecule has 2 fully saturated rings. The lowest BCUT2D eigenvalue weighted by atomic mass is 9.96. The van der Waals surface area contributed by atoms with Crippen molar-refractivity contribution in [1.82, 2.24) is 10.2 Å². The number of likely N-dealkylation sites (tertiary alicyclic amines) is 1. The van der Waals surface area contributed by atoms with Crippen LogP contribution >= 0.6 is 0 Å². The average molecular weight is 272 g/mol. The van der Waals surface area contributed by atoms with Crippen molar-refractivity contribution < 1.29 is 4.79 Å². The molecule has 1 aliphatic carbocycles. The Morgan fingerprint density at radius 3 is 2.75 bits per heavy atom. The molecule has 1 aliphatic heterocycles. The van der Waals surface area contributed by atoms with Crippen LogP contribution in [0.5, 0.6) is 0 Å². The molecule has 1 aromatic rings. The minimum atomic E-state index is 0.124. The summed E-state index contributed by atoms with van der Waals surface area (Å²) >= 11 is 0. The lowest BCUT2D eigenvalue weighted by molar-refractivity contribution is 0.169. The van der Waals surface area contributed by atoms with E-state index in [2.05, 4.69) is 36.5 Å². The number of carbonyl (C=O) groups excluding carboxylic acids is 1. The van der Waals surface area contributed by atoms with Gasteiger partial charge in [0.1, 0.15) is 0 Å². The molecule has 1 atom stereocenters. The predicted octanol–water partition coefficient (Wildman–Crippen LogP) is 3.16. The SMILES string of the molecule is CC1CCCN(C(=O)NCC2(c3ccccc3)CC2)C1. The Bertz CT molecular complexity index is 467. The maximum atomic E-state index is 12.3. The van der Waals surface area contributed by atoms with Gasteiger partial charge in [-0.25, -0.2) is 4.79 Å². The second-order valence-corrected chi connectivity index (χ2v) is 6.50. The monoisotopic (exact) mass is 272 g/mol. The molecule has 0 aromatic heterocycles. The molecule has 0 bridgehead atoms. The number of amides is 2. The number of piperidine rings is 1. The van der Waals surface area contributed by atoms with Gasteiger partial charge in [-0.3, -0.25) is 0 Å². The maximum Gasteiger partial charge on any atom is 0.317 e. The first-order valence-corrected chi connectivity index (χ1v) is 7.78. The van der Waals surface area contributed by atoms with Crippen LogP contribution in [-0.4, -0.2) is 30.6 Å². The van der Waals surface area contributed by atoms with Gasteiger partial charge in [0.25, 0.3) is 0 Å². The Hall–Kier alpha value is -1.51. The van der Waals surface area contributed by atoms with E-state index in [0.29, 0.717) is 5.92 Å². The molecule has 3 rings (SSSR count). The van der Waals surface area contributed by atoms with E-state index in [4.69, 9.17) is 0 Å². The van der Waals surface area contributed by atoms with Crippen molar-refractivity contribution in [3.63, 3.8) is 0 Å². The van der Waals surface area contributed by atoms with E-state index >= 15 is 0 Å².